The van der Waals surface area contributed by atoms with Crippen molar-refractivity contribution in [1.29, 1.82) is 0 Å². The summed E-state index contributed by atoms with van der Waals surface area (Å²) in [6, 6.07) is 40.0. The number of rotatable bonds is 12. The van der Waals surface area contributed by atoms with Crippen LogP contribution in [0.25, 0.3) is 0 Å². The standard InChI is InChI=1S/C15H20O2.2C14H18O2.C13H16O2/c1-12(2)14(16)15(8-10-17-11-9-15)13-6-4-3-5-7-13;1-11(2)13(15)14(9-6-10-16-14)12-7-4-3-5-8-12;1-11(2)13(15)14(8-9-16-10-14)12-6-4-3-5-7-12;1-10(2)12(14)13(8-15-9-13)11-6-4-3-5-7-11/h3-7,12H,8-11H2,1-2H3;3-5,7-8,11H,6,9-10H2,1-2H3;3-7,11H,8-10H2,1-2H3;3-7,10H,8-9H2,1-2H3. The molecule has 8 nitrogen and oxygen atoms in total. The van der Waals surface area contributed by atoms with Gasteiger partial charge in [0.15, 0.2) is 17.2 Å². The minimum atomic E-state index is -0.671. The highest BCUT2D eigenvalue weighted by Crippen LogP contribution is 2.40. The van der Waals surface area contributed by atoms with Crippen molar-refractivity contribution in [3.63, 3.8) is 0 Å². The molecule has 4 aromatic rings. The zero-order valence-electron chi connectivity index (χ0n) is 39.6. The lowest BCUT2D eigenvalue weighted by Crippen LogP contribution is -2.54. The molecule has 4 saturated heterocycles. The third-order valence-corrected chi connectivity index (χ3v) is 13.2. The summed E-state index contributed by atoms with van der Waals surface area (Å²) >= 11 is 0. The Bertz CT molecular complexity index is 1980. The van der Waals surface area contributed by atoms with Crippen molar-refractivity contribution in [2.75, 3.05) is 46.2 Å². The highest BCUT2D eigenvalue weighted by Gasteiger charge is 2.48. The molecule has 4 aliphatic rings. The predicted octanol–water partition coefficient (Wildman–Crippen LogP) is 10.6. The summed E-state index contributed by atoms with van der Waals surface area (Å²) in [5.74, 6) is 1.36. The second-order valence-electron chi connectivity index (χ2n) is 19.0. The van der Waals surface area contributed by atoms with Gasteiger partial charge in [0.2, 0.25) is 0 Å². The molecule has 4 aliphatic heterocycles. The summed E-state index contributed by atoms with van der Waals surface area (Å²) in [5, 5.41) is 0. The maximum absolute atomic E-state index is 12.6. The maximum Gasteiger partial charge on any atom is 0.171 e. The van der Waals surface area contributed by atoms with Crippen LogP contribution in [0.4, 0.5) is 0 Å². The van der Waals surface area contributed by atoms with Crippen LogP contribution in [0, 0.1) is 23.7 Å². The van der Waals surface area contributed by atoms with Crippen LogP contribution in [0.15, 0.2) is 121 Å². The van der Waals surface area contributed by atoms with Gasteiger partial charge in [-0.15, -0.1) is 0 Å². The molecule has 4 aromatic carbocycles. The van der Waals surface area contributed by atoms with Crippen LogP contribution in [0.3, 0.4) is 0 Å². The summed E-state index contributed by atoms with van der Waals surface area (Å²) in [7, 11) is 0. The molecular formula is C56H72O8. The minimum absolute atomic E-state index is 0.0123. The van der Waals surface area contributed by atoms with Crippen LogP contribution in [0.1, 0.15) is 110 Å². The first-order valence-corrected chi connectivity index (χ1v) is 23.4. The molecule has 0 aromatic heterocycles. The lowest BCUT2D eigenvalue weighted by molar-refractivity contribution is -0.146. The number of hydrogen-bond donors (Lipinski definition) is 0. The molecule has 344 valence electrons. The van der Waals surface area contributed by atoms with E-state index in [0.29, 0.717) is 63.6 Å². The third-order valence-electron chi connectivity index (χ3n) is 13.2. The van der Waals surface area contributed by atoms with Crippen LogP contribution >= 0.6 is 0 Å². The second kappa shape index (κ2) is 23.0. The SMILES string of the molecule is CC(C)C(=O)C1(c2ccccc2)CCCO1.CC(C)C(=O)C1(c2ccccc2)CCOC1.CC(C)C(=O)C1(c2ccccc2)CCOCC1.CC(C)C(=O)C1(c2ccccc2)COC1. The molecule has 0 bridgehead atoms. The fourth-order valence-corrected chi connectivity index (χ4v) is 9.59. The van der Waals surface area contributed by atoms with Crippen LogP contribution < -0.4 is 0 Å². The van der Waals surface area contributed by atoms with Crippen LogP contribution in [-0.4, -0.2) is 69.4 Å². The van der Waals surface area contributed by atoms with Gasteiger partial charge < -0.3 is 18.9 Å². The molecule has 4 fully saturated rings. The number of carbonyl (C=O) groups excluding carboxylic acids is 4. The minimum Gasteiger partial charge on any atom is -0.381 e. The number of benzene rings is 4. The summed E-state index contributed by atoms with van der Waals surface area (Å²) in [4.78, 5) is 49.5. The molecule has 0 saturated carbocycles. The third kappa shape index (κ3) is 11.2. The highest BCUT2D eigenvalue weighted by atomic mass is 16.5. The van der Waals surface area contributed by atoms with Crippen LogP contribution in [0.2, 0.25) is 0 Å². The molecule has 0 amide bonds. The normalized spacial score (nSPS) is 21.9. The zero-order chi connectivity index (χ0) is 46.4. The summed E-state index contributed by atoms with van der Waals surface area (Å²) in [5.41, 5.74) is 2.61. The van der Waals surface area contributed by atoms with Crippen molar-refractivity contribution in [2.24, 2.45) is 23.7 Å². The van der Waals surface area contributed by atoms with Crippen LogP contribution in [-0.2, 0) is 60.0 Å². The van der Waals surface area contributed by atoms with Crippen molar-refractivity contribution in [2.45, 2.75) is 109 Å². The average molecular weight is 873 g/mol. The number of ketones is 4. The fourth-order valence-electron chi connectivity index (χ4n) is 9.59. The topological polar surface area (TPSA) is 105 Å². The van der Waals surface area contributed by atoms with E-state index in [4.69, 9.17) is 18.9 Å². The largest absolute Gasteiger partial charge is 0.381 e. The Morgan fingerprint density at radius 1 is 0.375 bits per heavy atom. The average Bonchev–Trinajstić information content (AvgIpc) is 4.03. The molecule has 8 heteroatoms. The van der Waals surface area contributed by atoms with Gasteiger partial charge in [0, 0.05) is 50.1 Å². The first kappa shape index (κ1) is 50.4. The van der Waals surface area contributed by atoms with E-state index in [1.165, 1.54) is 0 Å². The van der Waals surface area contributed by atoms with E-state index in [1.807, 2.05) is 165 Å². The van der Waals surface area contributed by atoms with Crippen molar-refractivity contribution < 1.29 is 38.1 Å². The summed E-state index contributed by atoms with van der Waals surface area (Å²) < 4.78 is 21.9. The smallest absolute Gasteiger partial charge is 0.171 e. The van der Waals surface area contributed by atoms with Gasteiger partial charge in [0.1, 0.15) is 17.0 Å². The first-order valence-electron chi connectivity index (χ1n) is 23.4. The lowest BCUT2D eigenvalue weighted by atomic mass is 9.68. The summed E-state index contributed by atoms with van der Waals surface area (Å²) in [6.45, 7) is 20.0. The van der Waals surface area contributed by atoms with Gasteiger partial charge in [-0.05, 0) is 54.4 Å². The zero-order valence-corrected chi connectivity index (χ0v) is 39.6. The van der Waals surface area contributed by atoms with E-state index in [-0.39, 0.29) is 40.3 Å². The van der Waals surface area contributed by atoms with Gasteiger partial charge in [-0.25, -0.2) is 0 Å². The highest BCUT2D eigenvalue weighted by molar-refractivity contribution is 5.94. The van der Waals surface area contributed by atoms with Gasteiger partial charge in [-0.1, -0.05) is 177 Å². The maximum atomic E-state index is 12.6. The molecule has 4 heterocycles. The number of Topliss-reactive ketones (excluding diaryl/α,β-unsaturated/α-hetero) is 4. The number of ether oxygens (including phenoxy) is 4. The van der Waals surface area contributed by atoms with Crippen molar-refractivity contribution in [1.82, 2.24) is 0 Å². The van der Waals surface area contributed by atoms with Crippen molar-refractivity contribution in [3.8, 4) is 0 Å². The van der Waals surface area contributed by atoms with Crippen molar-refractivity contribution in [3.05, 3.63) is 144 Å². The van der Waals surface area contributed by atoms with Gasteiger partial charge in [-0.3, -0.25) is 19.2 Å². The van der Waals surface area contributed by atoms with Crippen molar-refractivity contribution >= 4 is 23.1 Å². The lowest BCUT2D eigenvalue weighted by Gasteiger charge is -2.41. The second-order valence-corrected chi connectivity index (χ2v) is 19.0. The Labute approximate surface area is 382 Å². The van der Waals surface area contributed by atoms with Gasteiger partial charge in [0.25, 0.3) is 0 Å². The quantitative estimate of drug-likeness (QED) is 0.139. The molecule has 0 aliphatic carbocycles. The van der Waals surface area contributed by atoms with E-state index in [0.717, 1.165) is 54.4 Å². The molecule has 0 spiro atoms. The van der Waals surface area contributed by atoms with Gasteiger partial charge in [0.05, 0.1) is 30.7 Å². The molecule has 2 atom stereocenters. The van der Waals surface area contributed by atoms with Gasteiger partial charge in [-0.2, -0.15) is 0 Å². The van der Waals surface area contributed by atoms with Gasteiger partial charge >= 0.3 is 0 Å². The van der Waals surface area contributed by atoms with E-state index < -0.39 is 11.0 Å². The molecule has 2 unspecified atom stereocenters. The summed E-state index contributed by atoms with van der Waals surface area (Å²) in [6.07, 6.45) is 4.22. The number of hydrogen-bond acceptors (Lipinski definition) is 8. The molecule has 8 rings (SSSR count). The Morgan fingerprint density at radius 3 is 1.08 bits per heavy atom. The van der Waals surface area contributed by atoms with Crippen LogP contribution in [0.5, 0.6) is 0 Å². The predicted molar refractivity (Wildman–Crippen MR) is 253 cm³/mol. The van der Waals surface area contributed by atoms with E-state index >= 15 is 0 Å². The molecule has 0 N–H and O–H groups in total. The Balaban J connectivity index is 0.000000161. The van der Waals surface area contributed by atoms with E-state index in [9.17, 15) is 19.2 Å². The Hall–Kier alpha value is -4.60. The molecular weight excluding hydrogens is 801 g/mol. The van der Waals surface area contributed by atoms with E-state index in [1.54, 1.807) is 0 Å². The molecule has 0 radical (unpaired) electrons. The monoisotopic (exact) mass is 873 g/mol. The Morgan fingerprint density at radius 2 is 0.719 bits per heavy atom. The Kier molecular flexibility index (Phi) is 18.1. The fraction of sp³-hybridized carbons (Fsp3) is 0.500. The van der Waals surface area contributed by atoms with E-state index in [2.05, 4.69) is 12.1 Å². The first-order chi connectivity index (χ1) is 30.7. The molecule has 64 heavy (non-hydrogen) atoms. The number of carbonyl (C=O) groups is 4.